The Balaban J connectivity index is 1.38. The second-order valence-corrected chi connectivity index (χ2v) is 10.1. The number of rotatable bonds is 11. The molecule has 4 rings (SSSR count). The molecular formula is C30H39NO5. The Morgan fingerprint density at radius 1 is 0.944 bits per heavy atom. The van der Waals surface area contributed by atoms with Gasteiger partial charge in [0.15, 0.2) is 0 Å². The van der Waals surface area contributed by atoms with E-state index < -0.39 is 5.97 Å². The predicted octanol–water partition coefficient (Wildman–Crippen LogP) is 5.38. The number of aromatic hydroxyl groups is 1. The van der Waals surface area contributed by atoms with Crippen LogP contribution in [0.15, 0.2) is 60.7 Å². The Morgan fingerprint density at radius 3 is 2.25 bits per heavy atom. The van der Waals surface area contributed by atoms with Crippen molar-refractivity contribution in [2.75, 3.05) is 13.1 Å². The molecule has 4 atom stereocenters. The zero-order valence-corrected chi connectivity index (χ0v) is 21.0. The number of carbonyl (C=O) groups is 1. The first kappa shape index (κ1) is 26.4. The zero-order chi connectivity index (χ0) is 25.3. The molecule has 1 aliphatic carbocycles. The molecule has 3 N–H and O–H groups in total. The van der Waals surface area contributed by atoms with Gasteiger partial charge in [0, 0.05) is 24.8 Å². The van der Waals surface area contributed by atoms with Crippen molar-refractivity contribution in [2.45, 2.75) is 76.2 Å². The van der Waals surface area contributed by atoms with Crippen molar-refractivity contribution in [3.8, 4) is 16.9 Å². The maximum Gasteiger partial charge on any atom is 0.303 e. The SMILES string of the molecule is O=C(O)CC/C=C\CCC1C(OCc2ccc(-c3ccc(O)cc3)cc2)CC(O)C1N1CCCCC1. The van der Waals surface area contributed by atoms with Gasteiger partial charge < -0.3 is 20.1 Å². The summed E-state index contributed by atoms with van der Waals surface area (Å²) in [5.74, 6) is -0.262. The topological polar surface area (TPSA) is 90.2 Å². The molecule has 1 heterocycles. The highest BCUT2D eigenvalue weighted by Gasteiger charge is 2.45. The van der Waals surface area contributed by atoms with E-state index in [1.165, 1.54) is 19.3 Å². The number of phenolic OH excluding ortho intramolecular Hbond substituents is 1. The van der Waals surface area contributed by atoms with Gasteiger partial charge in [-0.3, -0.25) is 9.69 Å². The number of allylic oxidation sites excluding steroid dienone is 2. The van der Waals surface area contributed by atoms with E-state index in [1.807, 2.05) is 18.2 Å². The van der Waals surface area contributed by atoms with Crippen LogP contribution in [0.2, 0.25) is 0 Å². The number of likely N-dealkylation sites (tertiary alicyclic amines) is 1. The van der Waals surface area contributed by atoms with Crippen molar-refractivity contribution in [1.82, 2.24) is 4.90 Å². The van der Waals surface area contributed by atoms with Crippen LogP contribution in [0.25, 0.3) is 11.1 Å². The van der Waals surface area contributed by atoms with Crippen LogP contribution in [0.5, 0.6) is 5.75 Å². The Bertz CT molecular complexity index is 981. The van der Waals surface area contributed by atoms with Gasteiger partial charge in [-0.2, -0.15) is 0 Å². The lowest BCUT2D eigenvalue weighted by molar-refractivity contribution is -0.136. The molecule has 0 amide bonds. The quantitative estimate of drug-likeness (QED) is 0.364. The fraction of sp³-hybridized carbons (Fsp3) is 0.500. The van der Waals surface area contributed by atoms with E-state index >= 15 is 0 Å². The van der Waals surface area contributed by atoms with Crippen LogP contribution in [0, 0.1) is 5.92 Å². The number of aliphatic hydroxyl groups is 1. The maximum absolute atomic E-state index is 11.0. The fourth-order valence-corrected chi connectivity index (χ4v) is 5.72. The smallest absolute Gasteiger partial charge is 0.303 e. The molecule has 0 aromatic heterocycles. The molecule has 0 radical (unpaired) electrons. The van der Waals surface area contributed by atoms with E-state index in [2.05, 4.69) is 35.2 Å². The molecule has 6 nitrogen and oxygen atoms in total. The fourth-order valence-electron chi connectivity index (χ4n) is 5.72. The predicted molar refractivity (Wildman–Crippen MR) is 141 cm³/mol. The van der Waals surface area contributed by atoms with Crippen molar-refractivity contribution in [3.05, 3.63) is 66.2 Å². The number of hydrogen-bond donors (Lipinski definition) is 3. The molecule has 2 aliphatic rings. The van der Waals surface area contributed by atoms with Crippen LogP contribution >= 0.6 is 0 Å². The third kappa shape index (κ3) is 7.19. The highest BCUT2D eigenvalue weighted by Crippen LogP contribution is 2.38. The van der Waals surface area contributed by atoms with E-state index in [1.54, 1.807) is 12.1 Å². The number of carboxylic acid groups (broad SMARTS) is 1. The van der Waals surface area contributed by atoms with Gasteiger partial charge in [0.2, 0.25) is 0 Å². The van der Waals surface area contributed by atoms with E-state index in [9.17, 15) is 15.0 Å². The van der Waals surface area contributed by atoms with Gasteiger partial charge in [0.25, 0.3) is 0 Å². The molecule has 194 valence electrons. The lowest BCUT2D eigenvalue weighted by Gasteiger charge is -2.38. The Morgan fingerprint density at radius 2 is 1.58 bits per heavy atom. The summed E-state index contributed by atoms with van der Waals surface area (Å²) in [6, 6.07) is 15.6. The van der Waals surface area contributed by atoms with Crippen molar-refractivity contribution in [3.63, 3.8) is 0 Å². The van der Waals surface area contributed by atoms with Crippen LogP contribution in [0.3, 0.4) is 0 Å². The normalized spacial score (nSPS) is 24.9. The van der Waals surface area contributed by atoms with Crippen molar-refractivity contribution in [1.29, 1.82) is 0 Å². The van der Waals surface area contributed by atoms with Gasteiger partial charge in [-0.25, -0.2) is 0 Å². The summed E-state index contributed by atoms with van der Waals surface area (Å²) in [6.07, 6.45) is 10.4. The molecule has 0 bridgehead atoms. The Labute approximate surface area is 214 Å². The summed E-state index contributed by atoms with van der Waals surface area (Å²) < 4.78 is 6.44. The molecule has 6 heteroatoms. The number of phenols is 1. The summed E-state index contributed by atoms with van der Waals surface area (Å²) in [5, 5.41) is 29.4. The summed E-state index contributed by atoms with van der Waals surface area (Å²) in [6.45, 7) is 2.58. The average Bonchev–Trinajstić information content (AvgIpc) is 3.20. The first-order valence-electron chi connectivity index (χ1n) is 13.3. The summed E-state index contributed by atoms with van der Waals surface area (Å²) in [4.78, 5) is 13.2. The second kappa shape index (κ2) is 13.0. The number of hydrogen-bond acceptors (Lipinski definition) is 5. The second-order valence-electron chi connectivity index (χ2n) is 10.1. The summed E-state index contributed by atoms with van der Waals surface area (Å²) >= 11 is 0. The minimum absolute atomic E-state index is 0.00359. The van der Waals surface area contributed by atoms with E-state index in [4.69, 9.17) is 9.84 Å². The molecule has 2 fully saturated rings. The third-order valence-corrected chi connectivity index (χ3v) is 7.57. The number of piperidine rings is 1. The van der Waals surface area contributed by atoms with Gasteiger partial charge in [-0.15, -0.1) is 0 Å². The molecule has 4 unspecified atom stereocenters. The van der Waals surface area contributed by atoms with Crippen LogP contribution < -0.4 is 0 Å². The lowest BCUT2D eigenvalue weighted by Crippen LogP contribution is -2.47. The molecular weight excluding hydrogens is 454 g/mol. The third-order valence-electron chi connectivity index (χ3n) is 7.57. The van der Waals surface area contributed by atoms with Crippen LogP contribution in [-0.4, -0.2) is 57.5 Å². The van der Waals surface area contributed by atoms with Gasteiger partial charge in [-0.1, -0.05) is 55.0 Å². The van der Waals surface area contributed by atoms with Crippen molar-refractivity contribution >= 4 is 5.97 Å². The standard InChI is InChI=1S/C30H39NO5/c32-25-16-14-24(15-17-25)23-12-10-22(11-13-23)21-36-28-20-27(33)30(31-18-6-3-7-19-31)26(28)8-4-1-2-5-9-29(34)35/h1-2,10-17,26-28,30,32-33H,3-9,18-21H2,(H,34,35)/b2-1-. The average molecular weight is 494 g/mol. The maximum atomic E-state index is 11.0. The number of aliphatic hydroxyl groups excluding tert-OH is 1. The highest BCUT2D eigenvalue weighted by molar-refractivity contribution is 5.66. The monoisotopic (exact) mass is 493 g/mol. The van der Waals surface area contributed by atoms with Crippen LogP contribution in [-0.2, 0) is 16.1 Å². The van der Waals surface area contributed by atoms with Gasteiger partial charge in [-0.05, 0) is 74.0 Å². The highest BCUT2D eigenvalue weighted by atomic mass is 16.5. The van der Waals surface area contributed by atoms with Crippen LogP contribution in [0.1, 0.15) is 56.9 Å². The molecule has 2 aromatic rings. The molecule has 2 aromatic carbocycles. The van der Waals surface area contributed by atoms with Crippen molar-refractivity contribution < 1.29 is 24.9 Å². The van der Waals surface area contributed by atoms with Crippen LogP contribution in [0.4, 0.5) is 0 Å². The minimum atomic E-state index is -0.770. The largest absolute Gasteiger partial charge is 0.508 e. The molecule has 1 saturated carbocycles. The van der Waals surface area contributed by atoms with Gasteiger partial charge in [0.1, 0.15) is 5.75 Å². The lowest BCUT2D eigenvalue weighted by atomic mass is 9.92. The Kier molecular flexibility index (Phi) is 9.56. The first-order valence-corrected chi connectivity index (χ1v) is 13.3. The van der Waals surface area contributed by atoms with E-state index in [-0.39, 0.29) is 36.3 Å². The molecule has 0 spiro atoms. The molecule has 36 heavy (non-hydrogen) atoms. The van der Waals surface area contributed by atoms with E-state index in [0.717, 1.165) is 42.6 Å². The Hall–Kier alpha value is -2.67. The zero-order valence-electron chi connectivity index (χ0n) is 21.0. The van der Waals surface area contributed by atoms with E-state index in [0.29, 0.717) is 19.4 Å². The van der Waals surface area contributed by atoms with Gasteiger partial charge >= 0.3 is 5.97 Å². The molecule has 1 aliphatic heterocycles. The number of benzene rings is 2. The summed E-state index contributed by atoms with van der Waals surface area (Å²) in [7, 11) is 0. The summed E-state index contributed by atoms with van der Waals surface area (Å²) in [5.41, 5.74) is 3.24. The number of ether oxygens (including phenoxy) is 1. The first-order chi connectivity index (χ1) is 17.5. The number of aliphatic carboxylic acids is 1. The van der Waals surface area contributed by atoms with Gasteiger partial charge in [0.05, 0.1) is 18.8 Å². The molecule has 1 saturated heterocycles. The minimum Gasteiger partial charge on any atom is -0.508 e. The van der Waals surface area contributed by atoms with Crippen molar-refractivity contribution in [2.24, 2.45) is 5.92 Å². The number of nitrogens with zero attached hydrogens (tertiary/aromatic N) is 1. The number of carboxylic acids is 1.